The second kappa shape index (κ2) is 5.81. The topological polar surface area (TPSA) is 56.2 Å². The number of rotatable bonds is 3. The normalized spacial score (nSPS) is 20.0. The summed E-state index contributed by atoms with van der Waals surface area (Å²) in [6, 6.07) is 9.21. The maximum absolute atomic E-state index is 12.5. The Morgan fingerprint density at radius 3 is 2.42 bits per heavy atom. The molecule has 0 spiro atoms. The molecule has 24 heavy (non-hydrogen) atoms. The second-order valence-electron chi connectivity index (χ2n) is 7.78. The number of hydrogen-bond acceptors (Lipinski definition) is 3. The second-order valence-corrected chi connectivity index (χ2v) is 7.78. The summed E-state index contributed by atoms with van der Waals surface area (Å²) in [5.74, 6) is 0.924. The summed E-state index contributed by atoms with van der Waals surface area (Å²) in [5.41, 5.74) is 1.18. The van der Waals surface area contributed by atoms with Crippen LogP contribution in [0.15, 0.2) is 35.1 Å². The largest absolute Gasteiger partial charge is 0.494 e. The van der Waals surface area contributed by atoms with Gasteiger partial charge in [0.1, 0.15) is 11.4 Å². The lowest BCUT2D eigenvalue weighted by Crippen LogP contribution is -2.44. The molecule has 130 valence electrons. The monoisotopic (exact) mass is 330 g/mol. The van der Waals surface area contributed by atoms with Crippen molar-refractivity contribution >= 4 is 0 Å². The van der Waals surface area contributed by atoms with Crippen LogP contribution in [0.4, 0.5) is 0 Å². The Morgan fingerprint density at radius 1 is 1.17 bits per heavy atom. The number of nitrogens with zero attached hydrogens (tertiary/aromatic N) is 1. The zero-order chi connectivity index (χ0) is 17.5. The molecular formula is C19H26N2O3. The van der Waals surface area contributed by atoms with E-state index >= 15 is 0 Å². The number of aromatic nitrogens is 2. The molecule has 5 nitrogen and oxygen atoms in total. The molecule has 0 unspecified atom stereocenters. The van der Waals surface area contributed by atoms with E-state index in [0.29, 0.717) is 5.75 Å². The van der Waals surface area contributed by atoms with Crippen LogP contribution in [0.3, 0.4) is 0 Å². The van der Waals surface area contributed by atoms with Gasteiger partial charge in [0, 0.05) is 17.7 Å². The average molecular weight is 330 g/mol. The van der Waals surface area contributed by atoms with Crippen molar-refractivity contribution in [2.75, 3.05) is 7.11 Å². The standard InChI is InChI=1S/C19H26N2O3/c1-18(2)11-13(12-19(3,4)24-18)14-10-17(22)21(20-14)15-8-6-7-9-16(15)23-5/h6-10,13,20H,11-12H2,1-5H3. The number of benzene rings is 1. The molecule has 3 rings (SSSR count). The Balaban J connectivity index is 1.99. The number of methoxy groups -OCH3 is 1. The van der Waals surface area contributed by atoms with Crippen LogP contribution in [0.2, 0.25) is 0 Å². The quantitative estimate of drug-likeness (QED) is 0.935. The molecule has 1 aliphatic rings. The highest BCUT2D eigenvalue weighted by atomic mass is 16.5. The van der Waals surface area contributed by atoms with Crippen LogP contribution >= 0.6 is 0 Å². The Hall–Kier alpha value is -2.01. The van der Waals surface area contributed by atoms with E-state index < -0.39 is 0 Å². The van der Waals surface area contributed by atoms with Crippen molar-refractivity contribution in [3.8, 4) is 11.4 Å². The van der Waals surface area contributed by atoms with Crippen LogP contribution in [0.25, 0.3) is 5.69 Å². The average Bonchev–Trinajstić information content (AvgIpc) is 2.86. The van der Waals surface area contributed by atoms with Gasteiger partial charge in [-0.15, -0.1) is 0 Å². The summed E-state index contributed by atoms with van der Waals surface area (Å²) >= 11 is 0. The van der Waals surface area contributed by atoms with Crippen LogP contribution in [-0.2, 0) is 4.74 Å². The van der Waals surface area contributed by atoms with Gasteiger partial charge in [-0.2, -0.15) is 0 Å². The van der Waals surface area contributed by atoms with E-state index in [1.807, 2.05) is 24.3 Å². The first-order valence-electron chi connectivity index (χ1n) is 8.36. The Labute approximate surface area is 142 Å². The molecule has 1 fully saturated rings. The Morgan fingerprint density at radius 2 is 1.79 bits per heavy atom. The maximum atomic E-state index is 12.5. The zero-order valence-electron chi connectivity index (χ0n) is 15.1. The maximum Gasteiger partial charge on any atom is 0.271 e. The molecule has 2 heterocycles. The van der Waals surface area contributed by atoms with Crippen LogP contribution in [0.1, 0.15) is 52.1 Å². The number of H-pyrrole nitrogens is 1. The van der Waals surface area contributed by atoms with Gasteiger partial charge < -0.3 is 9.47 Å². The molecular weight excluding hydrogens is 304 g/mol. The fraction of sp³-hybridized carbons (Fsp3) is 0.526. The Bertz CT molecular complexity index is 770. The molecule has 0 atom stereocenters. The SMILES string of the molecule is COc1ccccc1-n1[nH]c(C2CC(C)(C)OC(C)(C)C2)cc1=O. The number of hydrogen-bond donors (Lipinski definition) is 1. The zero-order valence-corrected chi connectivity index (χ0v) is 15.1. The van der Waals surface area contributed by atoms with Crippen molar-refractivity contribution in [2.24, 2.45) is 0 Å². The van der Waals surface area contributed by atoms with Gasteiger partial charge in [-0.05, 0) is 52.7 Å². The third-order valence-electron chi connectivity index (χ3n) is 4.53. The third-order valence-corrected chi connectivity index (χ3v) is 4.53. The van der Waals surface area contributed by atoms with E-state index in [1.165, 1.54) is 0 Å². The highest BCUT2D eigenvalue weighted by molar-refractivity contribution is 5.46. The summed E-state index contributed by atoms with van der Waals surface area (Å²) in [6.07, 6.45) is 1.75. The molecule has 1 aliphatic heterocycles. The van der Waals surface area contributed by atoms with Crippen molar-refractivity contribution in [1.82, 2.24) is 9.78 Å². The van der Waals surface area contributed by atoms with E-state index in [1.54, 1.807) is 17.9 Å². The first-order chi connectivity index (χ1) is 11.2. The molecule has 1 saturated heterocycles. The minimum Gasteiger partial charge on any atom is -0.494 e. The molecule has 5 heteroatoms. The molecule has 0 amide bonds. The highest BCUT2D eigenvalue weighted by Crippen LogP contribution is 2.42. The number of nitrogens with one attached hydrogen (secondary N) is 1. The van der Waals surface area contributed by atoms with Crippen molar-refractivity contribution in [3.05, 3.63) is 46.4 Å². The molecule has 2 aromatic rings. The summed E-state index contributed by atoms with van der Waals surface area (Å²) in [4.78, 5) is 12.5. The smallest absolute Gasteiger partial charge is 0.271 e. The fourth-order valence-electron chi connectivity index (χ4n) is 3.93. The number of aromatic amines is 1. The Kier molecular flexibility index (Phi) is 4.08. The summed E-state index contributed by atoms with van der Waals surface area (Å²) in [5, 5.41) is 3.29. The van der Waals surface area contributed by atoms with E-state index in [-0.39, 0.29) is 22.7 Å². The molecule has 0 aliphatic carbocycles. The molecule has 0 bridgehead atoms. The molecule has 1 aromatic carbocycles. The van der Waals surface area contributed by atoms with E-state index in [9.17, 15) is 4.79 Å². The predicted molar refractivity (Wildman–Crippen MR) is 94.2 cm³/mol. The van der Waals surface area contributed by atoms with Crippen LogP contribution < -0.4 is 10.3 Å². The highest BCUT2D eigenvalue weighted by Gasteiger charge is 2.40. The van der Waals surface area contributed by atoms with Crippen molar-refractivity contribution < 1.29 is 9.47 Å². The summed E-state index contributed by atoms with van der Waals surface area (Å²) in [7, 11) is 1.61. The van der Waals surface area contributed by atoms with Crippen molar-refractivity contribution in [2.45, 2.75) is 57.7 Å². The minimum atomic E-state index is -0.212. The molecule has 0 saturated carbocycles. The summed E-state index contributed by atoms with van der Waals surface area (Å²) in [6.45, 7) is 8.43. The number of ether oxygens (including phenoxy) is 2. The van der Waals surface area contributed by atoms with E-state index in [0.717, 1.165) is 24.2 Å². The first-order valence-corrected chi connectivity index (χ1v) is 8.36. The van der Waals surface area contributed by atoms with Gasteiger partial charge in [0.25, 0.3) is 5.56 Å². The lowest BCUT2D eigenvalue weighted by Gasteiger charge is -2.45. The summed E-state index contributed by atoms with van der Waals surface area (Å²) < 4.78 is 13.1. The minimum absolute atomic E-state index is 0.0726. The van der Waals surface area contributed by atoms with Gasteiger partial charge in [-0.1, -0.05) is 12.1 Å². The van der Waals surface area contributed by atoms with Gasteiger partial charge in [0.05, 0.1) is 18.3 Å². The molecule has 0 radical (unpaired) electrons. The van der Waals surface area contributed by atoms with Crippen molar-refractivity contribution in [1.29, 1.82) is 0 Å². The van der Waals surface area contributed by atoms with Crippen LogP contribution in [-0.4, -0.2) is 28.1 Å². The lowest BCUT2D eigenvalue weighted by molar-refractivity contribution is -0.162. The van der Waals surface area contributed by atoms with E-state index in [4.69, 9.17) is 9.47 Å². The number of para-hydroxylation sites is 2. The van der Waals surface area contributed by atoms with Gasteiger partial charge in [0.15, 0.2) is 0 Å². The lowest BCUT2D eigenvalue weighted by atomic mass is 9.79. The van der Waals surface area contributed by atoms with Crippen LogP contribution in [0.5, 0.6) is 5.75 Å². The molecule has 1 aromatic heterocycles. The van der Waals surface area contributed by atoms with Gasteiger partial charge in [-0.3, -0.25) is 9.89 Å². The third kappa shape index (κ3) is 3.26. The van der Waals surface area contributed by atoms with Gasteiger partial charge in [0.2, 0.25) is 0 Å². The van der Waals surface area contributed by atoms with E-state index in [2.05, 4.69) is 32.8 Å². The predicted octanol–water partition coefficient (Wildman–Crippen LogP) is 3.63. The fourth-order valence-corrected chi connectivity index (χ4v) is 3.93. The van der Waals surface area contributed by atoms with Crippen LogP contribution in [0, 0.1) is 0 Å². The van der Waals surface area contributed by atoms with Gasteiger partial charge in [-0.25, -0.2) is 4.68 Å². The van der Waals surface area contributed by atoms with Gasteiger partial charge >= 0.3 is 0 Å². The molecule has 1 N–H and O–H groups in total. The first kappa shape index (κ1) is 16.8. The van der Waals surface area contributed by atoms with Crippen molar-refractivity contribution in [3.63, 3.8) is 0 Å².